The van der Waals surface area contributed by atoms with E-state index in [1.165, 1.54) is 23.5 Å². The van der Waals surface area contributed by atoms with Gasteiger partial charge in [0.2, 0.25) is 0 Å². The normalized spacial score (nSPS) is 19.3. The molecule has 1 saturated carbocycles. The monoisotopic (exact) mass is 1170 g/mol. The van der Waals surface area contributed by atoms with Gasteiger partial charge in [-0.25, -0.2) is 0 Å². The van der Waals surface area contributed by atoms with E-state index in [0.29, 0.717) is 58.8 Å². The maximum absolute atomic E-state index is 16.3. The SMILES string of the molecule is C[C@]12Sc3cc(OCCCCCCCCCCOc4ccc(-c5ccc(C#N)cc5)cc4)ccc3C1=C1C(=C3c4ccc(OCCCCCCCCCCOc5ccc(-c6ccc(C#N)cc6)cc5)cc4S[C@@]32C)C(F)(F)C(F)(F)C1(F)F. The Morgan fingerprint density at radius 1 is 0.349 bits per heavy atom. The molecule has 4 aliphatic rings. The van der Waals surface area contributed by atoms with E-state index in [2.05, 4.69) is 12.1 Å². The lowest BCUT2D eigenvalue weighted by atomic mass is 9.68. The molecule has 0 spiro atoms. The van der Waals surface area contributed by atoms with Gasteiger partial charge in [0, 0.05) is 20.9 Å². The molecule has 14 heteroatoms. The molecule has 432 valence electrons. The van der Waals surface area contributed by atoms with E-state index in [9.17, 15) is 0 Å². The minimum absolute atomic E-state index is 0.170. The lowest BCUT2D eigenvalue weighted by Crippen LogP contribution is -2.47. The zero-order valence-corrected chi connectivity index (χ0v) is 48.6. The number of allylic oxidation sites excluding steroid dienone is 2. The second-order valence-electron chi connectivity index (χ2n) is 22.3. The highest BCUT2D eigenvalue weighted by atomic mass is 32.2. The van der Waals surface area contributed by atoms with Gasteiger partial charge in [-0.05, 0) is 169 Å². The topological polar surface area (TPSA) is 84.5 Å². The summed E-state index contributed by atoms with van der Waals surface area (Å²) in [7, 11) is 0. The highest BCUT2D eigenvalue weighted by Crippen LogP contribution is 2.78. The zero-order chi connectivity index (χ0) is 58.2. The van der Waals surface area contributed by atoms with Crippen LogP contribution in [0.4, 0.5) is 26.3 Å². The van der Waals surface area contributed by atoms with Gasteiger partial charge in [-0.1, -0.05) is 126 Å². The zero-order valence-electron chi connectivity index (χ0n) is 47.0. The van der Waals surface area contributed by atoms with Crippen molar-refractivity contribution in [2.45, 2.75) is 154 Å². The van der Waals surface area contributed by atoms with Crippen LogP contribution in [-0.2, 0) is 0 Å². The molecule has 0 amide bonds. The molecule has 0 aromatic heterocycles. The quantitative estimate of drug-likeness (QED) is 0.0355. The average molecular weight is 1170 g/mol. The number of fused-ring (bicyclic) bond motifs is 8. The average Bonchev–Trinajstić information content (AvgIpc) is 1.54. The summed E-state index contributed by atoms with van der Waals surface area (Å²) in [6, 6.07) is 45.1. The first-order chi connectivity index (χ1) is 40.1. The molecule has 6 aromatic carbocycles. The number of alkyl halides is 6. The number of rotatable bonds is 28. The Balaban J connectivity index is 0.657. The van der Waals surface area contributed by atoms with Gasteiger partial charge in [0.05, 0.1) is 59.2 Å². The largest absolute Gasteiger partial charge is 0.494 e. The molecule has 2 aliphatic heterocycles. The maximum Gasteiger partial charge on any atom is 0.380 e. The fraction of sp³-hybridized carbons (Fsp3) is 0.391. The Hall–Kier alpha value is -6.74. The van der Waals surface area contributed by atoms with Crippen LogP contribution in [-0.4, -0.2) is 53.7 Å². The molecule has 0 saturated heterocycles. The van der Waals surface area contributed by atoms with E-state index in [1.807, 2.05) is 97.1 Å². The van der Waals surface area contributed by atoms with Crippen LogP contribution in [0.2, 0.25) is 0 Å². The lowest BCUT2D eigenvalue weighted by Gasteiger charge is -2.47. The number of ether oxygens (including phenoxy) is 4. The second-order valence-corrected chi connectivity index (χ2v) is 25.2. The molecule has 6 aromatic rings. The molecular formula is C69H68F6N2O4S2. The third-order valence-corrected chi connectivity index (χ3v) is 19.9. The third kappa shape index (κ3) is 12.2. The van der Waals surface area contributed by atoms with Crippen LogP contribution in [0, 0.1) is 22.7 Å². The van der Waals surface area contributed by atoms with Crippen LogP contribution in [0.1, 0.15) is 139 Å². The Morgan fingerprint density at radius 3 is 0.916 bits per heavy atom. The Kier molecular flexibility index (Phi) is 18.3. The van der Waals surface area contributed by atoms with Gasteiger partial charge in [-0.3, -0.25) is 0 Å². The number of nitrogens with zero attached hydrogens (tertiary/aromatic N) is 2. The van der Waals surface area contributed by atoms with Gasteiger partial charge in [0.1, 0.15) is 23.0 Å². The molecule has 10 rings (SSSR count). The molecule has 1 fully saturated rings. The molecule has 2 atom stereocenters. The van der Waals surface area contributed by atoms with Crippen molar-refractivity contribution in [1.29, 1.82) is 10.5 Å². The van der Waals surface area contributed by atoms with Crippen molar-refractivity contribution < 1.29 is 45.3 Å². The fourth-order valence-electron chi connectivity index (χ4n) is 11.9. The second kappa shape index (κ2) is 25.6. The van der Waals surface area contributed by atoms with Gasteiger partial charge in [0.25, 0.3) is 0 Å². The van der Waals surface area contributed by atoms with Crippen LogP contribution in [0.5, 0.6) is 23.0 Å². The Morgan fingerprint density at radius 2 is 0.614 bits per heavy atom. The van der Waals surface area contributed by atoms with Gasteiger partial charge < -0.3 is 18.9 Å². The predicted octanol–water partition coefficient (Wildman–Crippen LogP) is 19.8. The standard InChI is InChI=1S/C69H68F6N2O4S2/c1-65-61(57-37-35-55(43-59(57)82-65)80-41-17-13-9-5-3-7-11-15-39-78-53-31-27-51(28-32-53)49-23-19-47(45-76)20-24-49)63-64(68(72,73)69(74,75)67(63,70)71)62-58-38-36-56(44-60(58)83-66(62,65)2)81-42-18-14-10-6-4-8-12-16-40-79-54-33-29-52(30-34-54)50-25-21-48(46-77)22-26-50/h19-38,43-44H,3-18,39-42H2,1-2H3/t65-,66-/m0/s1. The summed E-state index contributed by atoms with van der Waals surface area (Å²) < 4.78 is 118. The van der Waals surface area contributed by atoms with Crippen molar-refractivity contribution in [3.8, 4) is 57.4 Å². The number of halogens is 6. The highest BCUT2D eigenvalue weighted by Gasteiger charge is 2.85. The van der Waals surface area contributed by atoms with Crippen molar-refractivity contribution in [2.75, 3.05) is 26.4 Å². The van der Waals surface area contributed by atoms with Crippen molar-refractivity contribution in [2.24, 2.45) is 0 Å². The molecule has 0 N–H and O–H groups in total. The van der Waals surface area contributed by atoms with Gasteiger partial charge in [-0.2, -0.15) is 36.9 Å². The van der Waals surface area contributed by atoms with Gasteiger partial charge in [-0.15, -0.1) is 23.5 Å². The molecule has 83 heavy (non-hydrogen) atoms. The molecular weight excluding hydrogens is 1100 g/mol. The van der Waals surface area contributed by atoms with Crippen LogP contribution in [0.15, 0.2) is 154 Å². The number of thioether (sulfide) groups is 2. The number of hydrogen-bond acceptors (Lipinski definition) is 8. The summed E-state index contributed by atoms with van der Waals surface area (Å²) in [5, 5.41) is 18.1. The molecule has 2 aliphatic carbocycles. The van der Waals surface area contributed by atoms with E-state index in [1.54, 1.807) is 50.2 Å². The van der Waals surface area contributed by atoms with E-state index in [0.717, 1.165) is 136 Å². The van der Waals surface area contributed by atoms with Crippen molar-refractivity contribution >= 4 is 34.7 Å². The minimum Gasteiger partial charge on any atom is -0.494 e. The minimum atomic E-state index is -5.65. The number of benzene rings is 6. The van der Waals surface area contributed by atoms with Crippen molar-refractivity contribution in [3.63, 3.8) is 0 Å². The summed E-state index contributed by atoms with van der Waals surface area (Å²) in [4.78, 5) is 1.05. The number of unbranched alkanes of at least 4 members (excludes halogenated alkanes) is 14. The molecule has 0 bridgehead atoms. The van der Waals surface area contributed by atoms with Crippen LogP contribution in [0.25, 0.3) is 33.4 Å². The molecule has 6 nitrogen and oxygen atoms in total. The number of hydrogen-bond donors (Lipinski definition) is 0. The van der Waals surface area contributed by atoms with E-state index in [4.69, 9.17) is 29.5 Å². The molecule has 0 radical (unpaired) electrons. The van der Waals surface area contributed by atoms with Crippen molar-refractivity contribution in [1.82, 2.24) is 0 Å². The smallest absolute Gasteiger partial charge is 0.380 e. The molecule has 2 heterocycles. The van der Waals surface area contributed by atoms with E-state index < -0.39 is 38.4 Å². The van der Waals surface area contributed by atoms with Crippen molar-refractivity contribution in [3.05, 3.63) is 167 Å². The first-order valence-electron chi connectivity index (χ1n) is 29.1. The van der Waals surface area contributed by atoms with E-state index in [-0.39, 0.29) is 22.3 Å². The summed E-state index contributed by atoms with van der Waals surface area (Å²) in [6.45, 7) is 5.62. The van der Waals surface area contributed by atoms with Crippen LogP contribution in [0.3, 0.4) is 0 Å². The summed E-state index contributed by atoms with van der Waals surface area (Å²) >= 11 is 2.50. The Bertz CT molecular complexity index is 3180. The van der Waals surface area contributed by atoms with E-state index >= 15 is 26.3 Å². The third-order valence-electron chi connectivity index (χ3n) is 16.7. The van der Waals surface area contributed by atoms with Crippen LogP contribution < -0.4 is 18.9 Å². The number of nitriles is 2. The Labute approximate surface area is 492 Å². The summed E-state index contributed by atoms with van der Waals surface area (Å²) in [6.07, 6.45) is 16.4. The highest BCUT2D eigenvalue weighted by molar-refractivity contribution is 8.06. The maximum atomic E-state index is 16.3. The van der Waals surface area contributed by atoms with Gasteiger partial charge >= 0.3 is 17.8 Å². The predicted molar refractivity (Wildman–Crippen MR) is 319 cm³/mol. The van der Waals surface area contributed by atoms with Gasteiger partial charge in [0.15, 0.2) is 0 Å². The molecule has 0 unspecified atom stereocenters. The van der Waals surface area contributed by atoms with Crippen LogP contribution >= 0.6 is 23.5 Å². The summed E-state index contributed by atoms with van der Waals surface area (Å²) in [5.74, 6) is -13.3. The first kappa shape index (κ1) is 59.4. The summed E-state index contributed by atoms with van der Waals surface area (Å²) in [5.41, 5.74) is 3.13. The first-order valence-corrected chi connectivity index (χ1v) is 30.8. The fourth-order valence-corrected chi connectivity index (χ4v) is 15.1. The lowest BCUT2D eigenvalue weighted by molar-refractivity contribution is -0.257.